The van der Waals surface area contributed by atoms with E-state index in [9.17, 15) is 0 Å². The second-order valence-corrected chi connectivity index (χ2v) is 8.15. The second-order valence-electron chi connectivity index (χ2n) is 8.15. The molecule has 27 heavy (non-hydrogen) atoms. The molecule has 0 unspecified atom stereocenters. The molecule has 0 spiro atoms. The van der Waals surface area contributed by atoms with Crippen molar-refractivity contribution >= 4 is 0 Å². The van der Waals surface area contributed by atoms with Gasteiger partial charge in [-0.25, -0.2) is 0 Å². The average Bonchev–Trinajstić information content (AvgIpc) is 2.63. The fraction of sp³-hybridized carbons (Fsp3) is 0.538. The van der Waals surface area contributed by atoms with Gasteiger partial charge in [-0.05, 0) is 65.5 Å². The van der Waals surface area contributed by atoms with E-state index in [0.717, 1.165) is 12.2 Å². The molecular formula is C26H42O. The van der Waals surface area contributed by atoms with Crippen LogP contribution in [0.1, 0.15) is 89.1 Å². The van der Waals surface area contributed by atoms with Gasteiger partial charge in [0.05, 0.1) is 7.11 Å². The Morgan fingerprint density at radius 3 is 1.96 bits per heavy atom. The van der Waals surface area contributed by atoms with Crippen LogP contribution in [0.3, 0.4) is 0 Å². The molecule has 0 radical (unpaired) electrons. The molecule has 1 nitrogen and oxygen atoms in total. The monoisotopic (exact) mass is 370 g/mol. The Morgan fingerprint density at radius 2 is 1.52 bits per heavy atom. The summed E-state index contributed by atoms with van der Waals surface area (Å²) in [5.41, 5.74) is 7.02. The number of ether oxygens (including phenoxy) is 1. The summed E-state index contributed by atoms with van der Waals surface area (Å²) < 4.78 is 5.35. The van der Waals surface area contributed by atoms with Crippen molar-refractivity contribution in [2.75, 3.05) is 7.11 Å². The SMILES string of the molecule is CC.CCc1cc(C(C)C)ccc1C.COc1cc(C)ccc1C(C)(C)C. The Hall–Kier alpha value is -1.76. The van der Waals surface area contributed by atoms with Crippen LogP contribution in [0.2, 0.25) is 0 Å². The van der Waals surface area contributed by atoms with Crippen LogP contribution in [0.15, 0.2) is 36.4 Å². The molecule has 0 aliphatic heterocycles. The van der Waals surface area contributed by atoms with Crippen LogP contribution in [-0.2, 0) is 11.8 Å². The van der Waals surface area contributed by atoms with Gasteiger partial charge in [0.2, 0.25) is 0 Å². The molecular weight excluding hydrogens is 328 g/mol. The van der Waals surface area contributed by atoms with Gasteiger partial charge in [0.25, 0.3) is 0 Å². The van der Waals surface area contributed by atoms with E-state index >= 15 is 0 Å². The summed E-state index contributed by atoms with van der Waals surface area (Å²) in [5, 5.41) is 0. The third-order valence-electron chi connectivity index (χ3n) is 4.59. The summed E-state index contributed by atoms with van der Waals surface area (Å²) >= 11 is 0. The highest BCUT2D eigenvalue weighted by molar-refractivity contribution is 5.41. The van der Waals surface area contributed by atoms with Crippen molar-refractivity contribution in [3.8, 4) is 5.75 Å². The molecule has 0 bridgehead atoms. The van der Waals surface area contributed by atoms with Crippen molar-refractivity contribution in [3.05, 3.63) is 64.2 Å². The third-order valence-corrected chi connectivity index (χ3v) is 4.59. The molecule has 0 aliphatic rings. The maximum absolute atomic E-state index is 5.35. The molecule has 2 rings (SSSR count). The third kappa shape index (κ3) is 8.20. The molecule has 1 heteroatoms. The first-order valence-corrected chi connectivity index (χ1v) is 10.3. The van der Waals surface area contributed by atoms with E-state index in [1.165, 1.54) is 27.8 Å². The summed E-state index contributed by atoms with van der Waals surface area (Å²) in [6, 6.07) is 13.2. The fourth-order valence-corrected chi connectivity index (χ4v) is 2.85. The van der Waals surface area contributed by atoms with Crippen LogP contribution in [0.4, 0.5) is 0 Å². The van der Waals surface area contributed by atoms with Gasteiger partial charge in [0.15, 0.2) is 0 Å². The van der Waals surface area contributed by atoms with Crippen molar-refractivity contribution < 1.29 is 4.74 Å². The lowest BCUT2D eigenvalue weighted by atomic mass is 9.86. The highest BCUT2D eigenvalue weighted by Crippen LogP contribution is 2.31. The molecule has 0 N–H and O–H groups in total. The first-order valence-electron chi connectivity index (χ1n) is 10.3. The quantitative estimate of drug-likeness (QED) is 0.531. The largest absolute Gasteiger partial charge is 0.496 e. The van der Waals surface area contributed by atoms with E-state index in [-0.39, 0.29) is 5.41 Å². The van der Waals surface area contributed by atoms with Crippen molar-refractivity contribution in [2.24, 2.45) is 0 Å². The van der Waals surface area contributed by atoms with E-state index in [1.54, 1.807) is 7.11 Å². The van der Waals surface area contributed by atoms with Crippen LogP contribution in [0, 0.1) is 13.8 Å². The highest BCUT2D eigenvalue weighted by Gasteiger charge is 2.18. The zero-order valence-corrected chi connectivity index (χ0v) is 19.7. The first kappa shape index (κ1) is 25.2. The minimum Gasteiger partial charge on any atom is -0.496 e. The molecule has 152 valence electrons. The van der Waals surface area contributed by atoms with Gasteiger partial charge in [-0.2, -0.15) is 0 Å². The van der Waals surface area contributed by atoms with E-state index in [1.807, 2.05) is 13.8 Å². The van der Waals surface area contributed by atoms with Crippen molar-refractivity contribution in [1.29, 1.82) is 0 Å². The number of rotatable bonds is 3. The summed E-state index contributed by atoms with van der Waals surface area (Å²) in [6.45, 7) is 21.5. The maximum atomic E-state index is 5.35. The summed E-state index contributed by atoms with van der Waals surface area (Å²) in [5.74, 6) is 1.64. The zero-order valence-electron chi connectivity index (χ0n) is 19.7. The van der Waals surface area contributed by atoms with Crippen LogP contribution in [0.5, 0.6) is 5.75 Å². The lowest BCUT2D eigenvalue weighted by Gasteiger charge is -2.22. The number of methoxy groups -OCH3 is 1. The summed E-state index contributed by atoms with van der Waals surface area (Å²) in [4.78, 5) is 0. The van der Waals surface area contributed by atoms with Crippen LogP contribution < -0.4 is 4.74 Å². The highest BCUT2D eigenvalue weighted by atomic mass is 16.5. The molecule has 2 aromatic rings. The van der Waals surface area contributed by atoms with Crippen molar-refractivity contribution in [2.45, 2.75) is 87.0 Å². The number of benzene rings is 2. The van der Waals surface area contributed by atoms with Crippen LogP contribution in [0.25, 0.3) is 0 Å². The molecule has 0 aromatic heterocycles. The topological polar surface area (TPSA) is 9.23 Å². The maximum Gasteiger partial charge on any atom is 0.122 e. The van der Waals surface area contributed by atoms with Crippen LogP contribution >= 0.6 is 0 Å². The second kappa shape index (κ2) is 11.8. The molecule has 0 saturated carbocycles. The Labute approximate surface area is 169 Å². The lowest BCUT2D eigenvalue weighted by Crippen LogP contribution is -2.12. The molecule has 0 heterocycles. The van der Waals surface area contributed by atoms with E-state index in [4.69, 9.17) is 4.74 Å². The van der Waals surface area contributed by atoms with Crippen molar-refractivity contribution in [1.82, 2.24) is 0 Å². The Bertz CT molecular complexity index is 675. The molecule has 0 amide bonds. The molecule has 0 atom stereocenters. The predicted octanol–water partition coefficient (Wildman–Crippen LogP) is 8.01. The van der Waals surface area contributed by atoms with E-state index in [0.29, 0.717) is 5.92 Å². The minimum atomic E-state index is 0.152. The van der Waals surface area contributed by atoms with E-state index < -0.39 is 0 Å². The van der Waals surface area contributed by atoms with Crippen LogP contribution in [-0.4, -0.2) is 7.11 Å². The van der Waals surface area contributed by atoms with Gasteiger partial charge in [-0.1, -0.05) is 85.7 Å². The Balaban J connectivity index is 0.000000460. The normalized spacial score (nSPS) is 10.5. The van der Waals surface area contributed by atoms with E-state index in [2.05, 4.69) is 91.8 Å². The predicted molar refractivity (Wildman–Crippen MR) is 122 cm³/mol. The Kier molecular flexibility index (Phi) is 11.1. The lowest BCUT2D eigenvalue weighted by molar-refractivity contribution is 0.397. The molecule has 0 saturated heterocycles. The number of hydrogen-bond acceptors (Lipinski definition) is 1. The van der Waals surface area contributed by atoms with Crippen molar-refractivity contribution in [3.63, 3.8) is 0 Å². The molecule has 2 aromatic carbocycles. The van der Waals surface area contributed by atoms with Gasteiger partial charge >= 0.3 is 0 Å². The van der Waals surface area contributed by atoms with Gasteiger partial charge in [0.1, 0.15) is 5.75 Å². The minimum absolute atomic E-state index is 0.152. The summed E-state index contributed by atoms with van der Waals surface area (Å²) in [7, 11) is 1.73. The first-order chi connectivity index (χ1) is 12.6. The zero-order chi connectivity index (χ0) is 21.2. The number of hydrogen-bond donors (Lipinski definition) is 0. The summed E-state index contributed by atoms with van der Waals surface area (Å²) in [6.07, 6.45) is 1.15. The average molecular weight is 371 g/mol. The number of aryl methyl sites for hydroxylation is 3. The smallest absolute Gasteiger partial charge is 0.122 e. The molecule has 0 fully saturated rings. The van der Waals surface area contributed by atoms with Gasteiger partial charge in [-0.3, -0.25) is 0 Å². The Morgan fingerprint density at radius 1 is 0.926 bits per heavy atom. The molecule has 0 aliphatic carbocycles. The van der Waals surface area contributed by atoms with Gasteiger partial charge in [0, 0.05) is 0 Å². The van der Waals surface area contributed by atoms with Gasteiger partial charge in [-0.15, -0.1) is 0 Å². The standard InChI is InChI=1S/C12H18O.C12H18.C2H6/c1-9-6-7-10(12(2,3)4)11(8-9)13-5;1-5-11-8-12(9(2)3)7-6-10(11)4;1-2/h6-8H,1-5H3;6-9H,5H2,1-4H3;1-2H3. The fourth-order valence-electron chi connectivity index (χ4n) is 2.85. The van der Waals surface area contributed by atoms with Gasteiger partial charge < -0.3 is 4.74 Å².